The van der Waals surface area contributed by atoms with Crippen molar-refractivity contribution in [1.29, 1.82) is 0 Å². The van der Waals surface area contributed by atoms with Gasteiger partial charge in [-0.15, -0.1) is 0 Å². The monoisotopic (exact) mass is 346 g/mol. The van der Waals surface area contributed by atoms with Gasteiger partial charge in [0.15, 0.2) is 0 Å². The number of amides is 4. The molecule has 0 N–H and O–H groups in total. The zero-order chi connectivity index (χ0) is 18.1. The van der Waals surface area contributed by atoms with E-state index in [0.29, 0.717) is 13.1 Å². The average molecular weight is 346 g/mol. The second-order valence-corrected chi connectivity index (χ2v) is 5.37. The maximum Gasteiger partial charge on any atom is 0.329 e. The Morgan fingerprint density at radius 2 is 1.04 bits per heavy atom. The van der Waals surface area contributed by atoms with Crippen LogP contribution in [0.5, 0.6) is 0 Å². The molecule has 0 aliphatic carbocycles. The Labute approximate surface area is 141 Å². The predicted molar refractivity (Wildman–Crippen MR) is 82.5 cm³/mol. The van der Waals surface area contributed by atoms with Crippen LogP contribution in [0.4, 0.5) is 9.59 Å². The summed E-state index contributed by atoms with van der Waals surface area (Å²) in [7, 11) is 5.81. The molecular weight excluding hydrogens is 320 g/mol. The van der Waals surface area contributed by atoms with Gasteiger partial charge < -0.3 is 18.9 Å². The van der Waals surface area contributed by atoms with Gasteiger partial charge in [-0.3, -0.25) is 9.80 Å². The highest BCUT2D eigenvalue weighted by molar-refractivity contribution is 5.87. The van der Waals surface area contributed by atoms with Crippen molar-refractivity contribution in [2.45, 2.75) is 25.5 Å². The summed E-state index contributed by atoms with van der Waals surface area (Å²) < 4.78 is 22.0. The van der Waals surface area contributed by atoms with E-state index in [1.165, 1.54) is 48.0 Å². The lowest BCUT2D eigenvalue weighted by Gasteiger charge is -2.45. The van der Waals surface area contributed by atoms with E-state index in [1.54, 1.807) is 0 Å². The first-order valence-corrected chi connectivity index (χ1v) is 7.74. The van der Waals surface area contributed by atoms with E-state index in [2.05, 4.69) is 0 Å². The topological polar surface area (TPSA) is 84.0 Å². The van der Waals surface area contributed by atoms with Gasteiger partial charge in [0.2, 0.25) is 0 Å². The fourth-order valence-corrected chi connectivity index (χ4v) is 3.75. The van der Waals surface area contributed by atoms with Gasteiger partial charge in [-0.05, 0) is 13.8 Å². The molecule has 4 amide bonds. The van der Waals surface area contributed by atoms with E-state index in [-0.39, 0.29) is 25.5 Å². The highest BCUT2D eigenvalue weighted by Gasteiger charge is 2.81. The summed E-state index contributed by atoms with van der Waals surface area (Å²) in [5.41, 5.74) is 0. The summed E-state index contributed by atoms with van der Waals surface area (Å²) in [6, 6.07) is -0.704. The Kier molecular flexibility index (Phi) is 5.23. The zero-order valence-corrected chi connectivity index (χ0v) is 15.1. The Balaban J connectivity index is 2.76. The standard InChI is InChI=1S/C14H26N4O6/c1-7-15-11(19)17(9-21-3)14(24-6)13(15,23-5)16(8-2)12(20)18(14)10-22-4/h7-10H2,1-6H3. The third-order valence-electron chi connectivity index (χ3n) is 4.53. The highest BCUT2D eigenvalue weighted by Crippen LogP contribution is 2.52. The molecule has 0 aromatic rings. The molecular formula is C14H26N4O6. The summed E-state index contributed by atoms with van der Waals surface area (Å²) in [6.07, 6.45) is 0. The van der Waals surface area contributed by atoms with Crippen LogP contribution >= 0.6 is 0 Å². The first kappa shape index (κ1) is 18.7. The summed E-state index contributed by atoms with van der Waals surface area (Å²) >= 11 is 0. The lowest BCUT2D eigenvalue weighted by Crippen LogP contribution is -2.70. The number of nitrogens with zero attached hydrogens (tertiary/aromatic N) is 4. The quantitative estimate of drug-likeness (QED) is 0.629. The first-order chi connectivity index (χ1) is 11.5. The lowest BCUT2D eigenvalue weighted by molar-refractivity contribution is -0.328. The summed E-state index contributed by atoms with van der Waals surface area (Å²) in [5, 5.41) is 0. The molecule has 2 aliphatic heterocycles. The van der Waals surface area contributed by atoms with Crippen LogP contribution in [0.2, 0.25) is 0 Å². The number of likely N-dealkylation sites (N-methyl/N-ethyl adjacent to an activating group) is 2. The number of fused-ring (bicyclic) bond motifs is 1. The van der Waals surface area contributed by atoms with Crippen molar-refractivity contribution < 1.29 is 28.5 Å². The van der Waals surface area contributed by atoms with Crippen LogP contribution in [0.15, 0.2) is 0 Å². The molecule has 0 radical (unpaired) electrons. The van der Waals surface area contributed by atoms with Gasteiger partial charge in [-0.1, -0.05) is 0 Å². The summed E-state index contributed by atoms with van der Waals surface area (Å²) in [5.74, 6) is -2.98. The second-order valence-electron chi connectivity index (χ2n) is 5.37. The molecule has 0 spiro atoms. The Hall–Kier alpha value is -1.62. The predicted octanol–water partition coefficient (Wildman–Crippen LogP) is 0.310. The highest BCUT2D eigenvalue weighted by atomic mass is 16.6. The minimum atomic E-state index is -1.53. The average Bonchev–Trinajstić information content (AvgIpc) is 2.91. The molecule has 2 rings (SSSR count). The Bertz CT molecular complexity index is 468. The lowest BCUT2D eigenvalue weighted by atomic mass is 10.2. The molecule has 10 heteroatoms. The van der Waals surface area contributed by atoms with Crippen molar-refractivity contribution in [2.24, 2.45) is 0 Å². The van der Waals surface area contributed by atoms with Crippen LogP contribution in [-0.2, 0) is 18.9 Å². The number of hydrogen-bond donors (Lipinski definition) is 0. The van der Waals surface area contributed by atoms with E-state index in [1.807, 2.05) is 13.8 Å². The van der Waals surface area contributed by atoms with Crippen molar-refractivity contribution in [3.05, 3.63) is 0 Å². The molecule has 0 atom stereocenters. The van der Waals surface area contributed by atoms with Gasteiger partial charge in [0.25, 0.3) is 0 Å². The number of rotatable bonds is 8. The third-order valence-corrected chi connectivity index (χ3v) is 4.53. The minimum absolute atomic E-state index is 0.0701. The number of hydrogen-bond acceptors (Lipinski definition) is 6. The van der Waals surface area contributed by atoms with Crippen molar-refractivity contribution >= 4 is 12.1 Å². The molecule has 138 valence electrons. The molecule has 0 saturated carbocycles. The second kappa shape index (κ2) is 6.71. The smallest absolute Gasteiger partial charge is 0.329 e. The van der Waals surface area contributed by atoms with Crippen molar-refractivity contribution in [3.8, 4) is 0 Å². The zero-order valence-electron chi connectivity index (χ0n) is 15.1. The maximum absolute atomic E-state index is 13.0. The molecule has 2 saturated heterocycles. The normalized spacial score (nSPS) is 29.9. The van der Waals surface area contributed by atoms with E-state index in [0.717, 1.165) is 0 Å². The van der Waals surface area contributed by atoms with Gasteiger partial charge in [0.1, 0.15) is 13.5 Å². The molecule has 24 heavy (non-hydrogen) atoms. The molecule has 2 aliphatic rings. The van der Waals surface area contributed by atoms with E-state index >= 15 is 0 Å². The first-order valence-electron chi connectivity index (χ1n) is 7.74. The number of carbonyl (C=O) groups is 2. The third kappa shape index (κ3) is 1.91. The number of carbonyl (C=O) groups excluding carboxylic acids is 2. The van der Waals surface area contributed by atoms with Gasteiger partial charge in [-0.2, -0.15) is 0 Å². The SMILES string of the molecule is CCN1C(=O)N(COC)C2(OC)N(COC)C(=O)N(CC)C12OC. The van der Waals surface area contributed by atoms with Gasteiger partial charge >= 0.3 is 23.8 Å². The van der Waals surface area contributed by atoms with Crippen LogP contribution in [0.1, 0.15) is 13.8 Å². The summed E-state index contributed by atoms with van der Waals surface area (Å²) in [6.45, 7) is 4.13. The van der Waals surface area contributed by atoms with Crippen LogP contribution in [0.3, 0.4) is 0 Å². The molecule has 0 bridgehead atoms. The fourth-order valence-electron chi connectivity index (χ4n) is 3.75. The van der Waals surface area contributed by atoms with Gasteiger partial charge in [0.05, 0.1) is 0 Å². The van der Waals surface area contributed by atoms with E-state index < -0.39 is 11.7 Å². The summed E-state index contributed by atoms with van der Waals surface area (Å²) in [4.78, 5) is 31.6. The maximum atomic E-state index is 13.0. The van der Waals surface area contributed by atoms with E-state index in [9.17, 15) is 9.59 Å². The van der Waals surface area contributed by atoms with Crippen molar-refractivity contribution in [3.63, 3.8) is 0 Å². The Morgan fingerprint density at radius 1 is 0.708 bits per heavy atom. The number of ether oxygens (including phenoxy) is 4. The van der Waals surface area contributed by atoms with Crippen LogP contribution in [-0.4, -0.2) is 98.4 Å². The molecule has 2 fully saturated rings. The number of methoxy groups -OCH3 is 4. The molecule has 0 aromatic carbocycles. The number of urea groups is 2. The van der Waals surface area contributed by atoms with Crippen molar-refractivity contribution in [2.75, 3.05) is 55.0 Å². The molecule has 10 nitrogen and oxygen atoms in total. The molecule has 2 heterocycles. The molecule has 0 aromatic heterocycles. The Morgan fingerprint density at radius 3 is 1.29 bits per heavy atom. The molecule has 0 unspecified atom stereocenters. The van der Waals surface area contributed by atoms with Crippen LogP contribution in [0, 0.1) is 0 Å². The largest absolute Gasteiger partial charge is 0.364 e. The van der Waals surface area contributed by atoms with Crippen LogP contribution in [0.25, 0.3) is 0 Å². The van der Waals surface area contributed by atoms with Gasteiger partial charge in [-0.25, -0.2) is 19.4 Å². The van der Waals surface area contributed by atoms with E-state index in [4.69, 9.17) is 18.9 Å². The van der Waals surface area contributed by atoms with Gasteiger partial charge in [0, 0.05) is 41.5 Å². The minimum Gasteiger partial charge on any atom is -0.364 e. The van der Waals surface area contributed by atoms with Crippen molar-refractivity contribution in [1.82, 2.24) is 19.6 Å². The fraction of sp³-hybridized carbons (Fsp3) is 0.857. The van der Waals surface area contributed by atoms with Crippen LogP contribution < -0.4 is 0 Å².